The summed E-state index contributed by atoms with van der Waals surface area (Å²) in [6.45, 7) is 7.16. The van der Waals surface area contributed by atoms with Crippen LogP contribution in [0.3, 0.4) is 0 Å². The summed E-state index contributed by atoms with van der Waals surface area (Å²) in [4.78, 5) is 0. The molecule has 10 heavy (non-hydrogen) atoms. The van der Waals surface area contributed by atoms with Crippen LogP contribution in [0.5, 0.6) is 0 Å². The lowest BCUT2D eigenvalue weighted by Crippen LogP contribution is -2.15. The molecule has 0 saturated carbocycles. The molecule has 1 aliphatic rings. The number of hydrogen-bond acceptors (Lipinski definition) is 1. The van der Waals surface area contributed by atoms with Gasteiger partial charge in [-0.2, -0.15) is 0 Å². The van der Waals surface area contributed by atoms with Crippen LogP contribution < -0.4 is 5.32 Å². The Hall–Kier alpha value is -0.0400. The summed E-state index contributed by atoms with van der Waals surface area (Å²) in [5.74, 6) is 1.87. The maximum atomic E-state index is 3.43. The highest BCUT2D eigenvalue weighted by atomic mass is 14.8. The Morgan fingerprint density at radius 3 is 2.70 bits per heavy atom. The van der Waals surface area contributed by atoms with Crippen molar-refractivity contribution >= 4 is 0 Å². The molecule has 1 fully saturated rings. The summed E-state index contributed by atoms with van der Waals surface area (Å²) < 4.78 is 0. The van der Waals surface area contributed by atoms with Gasteiger partial charge in [0.1, 0.15) is 0 Å². The van der Waals surface area contributed by atoms with Gasteiger partial charge in [-0.15, -0.1) is 0 Å². The Morgan fingerprint density at radius 2 is 2.00 bits per heavy atom. The molecule has 1 unspecified atom stereocenters. The van der Waals surface area contributed by atoms with Gasteiger partial charge in [0, 0.05) is 0 Å². The zero-order valence-electron chi connectivity index (χ0n) is 7.19. The van der Waals surface area contributed by atoms with Crippen LogP contribution in [0.1, 0.15) is 33.1 Å². The van der Waals surface area contributed by atoms with E-state index in [1.807, 2.05) is 0 Å². The Labute approximate surface area is 64.2 Å². The molecule has 1 heterocycles. The molecule has 0 spiro atoms. The summed E-state index contributed by atoms with van der Waals surface area (Å²) in [5.41, 5.74) is 0. The number of nitrogens with one attached hydrogen (secondary N) is 1. The van der Waals surface area contributed by atoms with E-state index in [2.05, 4.69) is 19.2 Å². The molecule has 60 valence electrons. The van der Waals surface area contributed by atoms with Gasteiger partial charge in [-0.3, -0.25) is 0 Å². The second-order valence-corrected chi connectivity index (χ2v) is 3.69. The Morgan fingerprint density at radius 1 is 1.20 bits per heavy atom. The third-order valence-corrected chi connectivity index (χ3v) is 2.56. The Bertz CT molecular complexity index is 80.7. The van der Waals surface area contributed by atoms with Gasteiger partial charge in [-0.25, -0.2) is 0 Å². The summed E-state index contributed by atoms with van der Waals surface area (Å²) in [5, 5.41) is 3.43. The Balaban J connectivity index is 2.28. The molecule has 1 saturated heterocycles. The van der Waals surface area contributed by atoms with E-state index < -0.39 is 0 Å². The van der Waals surface area contributed by atoms with Gasteiger partial charge in [-0.05, 0) is 44.2 Å². The zero-order valence-corrected chi connectivity index (χ0v) is 7.19. The van der Waals surface area contributed by atoms with Crippen LogP contribution in [0.2, 0.25) is 0 Å². The fraction of sp³-hybridized carbons (Fsp3) is 1.00. The lowest BCUT2D eigenvalue weighted by molar-refractivity contribution is 0.350. The first kappa shape index (κ1) is 8.06. The smallest absolute Gasteiger partial charge is 0.00462 e. The first-order valence-corrected chi connectivity index (χ1v) is 4.51. The van der Waals surface area contributed by atoms with Crippen LogP contribution in [0, 0.1) is 11.8 Å². The van der Waals surface area contributed by atoms with Crippen molar-refractivity contribution in [2.75, 3.05) is 13.1 Å². The molecule has 1 rings (SSSR count). The van der Waals surface area contributed by atoms with Crippen molar-refractivity contribution in [2.24, 2.45) is 11.8 Å². The van der Waals surface area contributed by atoms with E-state index in [-0.39, 0.29) is 0 Å². The third-order valence-electron chi connectivity index (χ3n) is 2.56. The van der Waals surface area contributed by atoms with E-state index in [0.717, 1.165) is 11.8 Å². The minimum absolute atomic E-state index is 0.889. The summed E-state index contributed by atoms with van der Waals surface area (Å²) in [6.07, 6.45) is 4.20. The predicted molar refractivity (Wildman–Crippen MR) is 45.0 cm³/mol. The van der Waals surface area contributed by atoms with Crippen LogP contribution in [0.25, 0.3) is 0 Å². The zero-order chi connectivity index (χ0) is 7.40. The molecule has 0 aromatic heterocycles. The molecule has 1 atom stereocenters. The lowest BCUT2D eigenvalue weighted by Gasteiger charge is -2.16. The minimum atomic E-state index is 0.889. The number of rotatable bonds is 1. The first-order chi connectivity index (χ1) is 4.80. The van der Waals surface area contributed by atoms with Crippen LogP contribution in [0.4, 0.5) is 0 Å². The molecule has 0 amide bonds. The summed E-state index contributed by atoms with van der Waals surface area (Å²) in [7, 11) is 0. The molecule has 1 N–H and O–H groups in total. The first-order valence-electron chi connectivity index (χ1n) is 4.51. The molecular formula is C9H19N. The molecule has 1 heteroatoms. The van der Waals surface area contributed by atoms with Gasteiger partial charge in [-0.1, -0.05) is 13.8 Å². The third kappa shape index (κ3) is 2.30. The molecule has 0 radical (unpaired) electrons. The topological polar surface area (TPSA) is 12.0 Å². The van der Waals surface area contributed by atoms with Crippen LogP contribution in [0.15, 0.2) is 0 Å². The van der Waals surface area contributed by atoms with Gasteiger partial charge >= 0.3 is 0 Å². The quantitative estimate of drug-likeness (QED) is 0.589. The highest BCUT2D eigenvalue weighted by Crippen LogP contribution is 2.21. The average Bonchev–Trinajstić information content (AvgIpc) is 2.12. The Kier molecular flexibility index (Phi) is 3.20. The van der Waals surface area contributed by atoms with Crippen molar-refractivity contribution in [2.45, 2.75) is 33.1 Å². The number of hydrogen-bond donors (Lipinski definition) is 1. The van der Waals surface area contributed by atoms with Crippen molar-refractivity contribution in [3.63, 3.8) is 0 Å². The van der Waals surface area contributed by atoms with E-state index in [1.165, 1.54) is 32.4 Å². The van der Waals surface area contributed by atoms with Gasteiger partial charge in [0.25, 0.3) is 0 Å². The standard InChI is InChI=1S/C9H19N/c1-8(2)9-4-3-6-10-7-5-9/h8-10H,3-7H2,1-2H3. The van der Waals surface area contributed by atoms with E-state index in [1.54, 1.807) is 0 Å². The van der Waals surface area contributed by atoms with E-state index in [0.29, 0.717) is 0 Å². The van der Waals surface area contributed by atoms with Crippen LogP contribution >= 0.6 is 0 Å². The molecule has 1 nitrogen and oxygen atoms in total. The normalized spacial score (nSPS) is 28.5. The maximum Gasteiger partial charge on any atom is -0.00462 e. The minimum Gasteiger partial charge on any atom is -0.317 e. The fourth-order valence-electron chi connectivity index (χ4n) is 1.71. The van der Waals surface area contributed by atoms with E-state index >= 15 is 0 Å². The average molecular weight is 141 g/mol. The largest absolute Gasteiger partial charge is 0.317 e. The van der Waals surface area contributed by atoms with Crippen molar-refractivity contribution in [3.8, 4) is 0 Å². The lowest BCUT2D eigenvalue weighted by atomic mass is 9.89. The van der Waals surface area contributed by atoms with E-state index in [9.17, 15) is 0 Å². The van der Waals surface area contributed by atoms with Crippen LogP contribution in [-0.4, -0.2) is 13.1 Å². The van der Waals surface area contributed by atoms with Crippen molar-refractivity contribution in [1.82, 2.24) is 5.32 Å². The van der Waals surface area contributed by atoms with Gasteiger partial charge < -0.3 is 5.32 Å². The van der Waals surface area contributed by atoms with Crippen molar-refractivity contribution < 1.29 is 0 Å². The highest BCUT2D eigenvalue weighted by molar-refractivity contribution is 4.68. The summed E-state index contributed by atoms with van der Waals surface area (Å²) >= 11 is 0. The van der Waals surface area contributed by atoms with Gasteiger partial charge in [0.15, 0.2) is 0 Å². The predicted octanol–water partition coefficient (Wildman–Crippen LogP) is 2.03. The van der Waals surface area contributed by atoms with Crippen LogP contribution in [-0.2, 0) is 0 Å². The monoisotopic (exact) mass is 141 g/mol. The highest BCUT2D eigenvalue weighted by Gasteiger charge is 2.14. The SMILES string of the molecule is CC(C)C1CCCNCC1. The van der Waals surface area contributed by atoms with Crippen molar-refractivity contribution in [1.29, 1.82) is 0 Å². The second kappa shape index (κ2) is 3.97. The van der Waals surface area contributed by atoms with Gasteiger partial charge in [0.2, 0.25) is 0 Å². The van der Waals surface area contributed by atoms with Crippen molar-refractivity contribution in [3.05, 3.63) is 0 Å². The fourth-order valence-corrected chi connectivity index (χ4v) is 1.71. The molecule has 0 bridgehead atoms. The molecular weight excluding hydrogens is 122 g/mol. The maximum absolute atomic E-state index is 3.43. The molecule has 0 aromatic carbocycles. The summed E-state index contributed by atoms with van der Waals surface area (Å²) in [6, 6.07) is 0. The molecule has 0 aliphatic carbocycles. The molecule has 0 aromatic rings. The molecule has 1 aliphatic heterocycles. The second-order valence-electron chi connectivity index (χ2n) is 3.69. The van der Waals surface area contributed by atoms with Gasteiger partial charge in [0.05, 0.1) is 0 Å². The van der Waals surface area contributed by atoms with E-state index in [4.69, 9.17) is 0 Å².